The summed E-state index contributed by atoms with van der Waals surface area (Å²) < 4.78 is 5.38. The Labute approximate surface area is 77.1 Å². The van der Waals surface area contributed by atoms with Crippen LogP contribution in [0.1, 0.15) is 26.2 Å². The molecule has 0 aromatic rings. The van der Waals surface area contributed by atoms with Gasteiger partial charge in [0.05, 0.1) is 0 Å². The Balaban J connectivity index is 1.85. The molecule has 1 aliphatic heterocycles. The molecule has 4 nitrogen and oxygen atoms in total. The first-order chi connectivity index (χ1) is 6.29. The van der Waals surface area contributed by atoms with Crippen LogP contribution in [0.3, 0.4) is 0 Å². The van der Waals surface area contributed by atoms with Crippen molar-refractivity contribution < 1.29 is 19.3 Å². The molecule has 1 heterocycles. The van der Waals surface area contributed by atoms with Crippen LogP contribution < -0.4 is 0 Å². The molecule has 1 aliphatic carbocycles. The van der Waals surface area contributed by atoms with Gasteiger partial charge in [-0.3, -0.25) is 0 Å². The first-order valence-electron chi connectivity index (χ1n) is 4.72. The van der Waals surface area contributed by atoms with Crippen LogP contribution in [0.5, 0.6) is 0 Å². The number of hydrogen-bond acceptors (Lipinski definition) is 4. The molecule has 0 aromatic carbocycles. The van der Waals surface area contributed by atoms with Crippen molar-refractivity contribution in [1.29, 1.82) is 0 Å². The Morgan fingerprint density at radius 1 is 1.31 bits per heavy atom. The first-order valence-corrected chi connectivity index (χ1v) is 4.72. The minimum absolute atomic E-state index is 0.188. The van der Waals surface area contributed by atoms with E-state index in [0.29, 0.717) is 5.92 Å². The second kappa shape index (κ2) is 3.74. The number of hydrogen-bond donors (Lipinski definition) is 0. The molecule has 2 fully saturated rings. The summed E-state index contributed by atoms with van der Waals surface area (Å²) in [5.74, 6) is 0.508. The summed E-state index contributed by atoms with van der Waals surface area (Å²) in [5.41, 5.74) is 0. The summed E-state index contributed by atoms with van der Waals surface area (Å²) in [6, 6.07) is 0. The summed E-state index contributed by atoms with van der Waals surface area (Å²) in [6.45, 7) is 1.80. The van der Waals surface area contributed by atoms with Crippen LogP contribution in [0.4, 0.5) is 0 Å². The molecule has 0 radical (unpaired) electrons. The van der Waals surface area contributed by atoms with Gasteiger partial charge in [-0.15, -0.1) is 0 Å². The predicted octanol–water partition coefficient (Wildman–Crippen LogP) is 1.25. The second-order valence-electron chi connectivity index (χ2n) is 3.73. The lowest BCUT2D eigenvalue weighted by molar-refractivity contribution is -0.301. The van der Waals surface area contributed by atoms with E-state index in [4.69, 9.17) is 14.5 Å². The van der Waals surface area contributed by atoms with Crippen LogP contribution in [-0.2, 0) is 19.3 Å². The molecule has 74 valence electrons. The molecule has 13 heavy (non-hydrogen) atoms. The molecule has 4 heteroatoms. The van der Waals surface area contributed by atoms with E-state index in [1.807, 2.05) is 0 Å². The van der Waals surface area contributed by atoms with Crippen molar-refractivity contribution in [2.45, 2.75) is 38.8 Å². The Bertz CT molecular complexity index is 194. The standard InChI is InChI=1S/C9H14O4/c1-6-11-9(13-12-6)8-3-2-7(4-8)5-10/h5-9H,2-4H2,1H3. The highest BCUT2D eigenvalue weighted by Gasteiger charge is 2.37. The number of rotatable bonds is 2. The molecule has 2 rings (SSSR count). The third kappa shape index (κ3) is 1.90. The molecule has 4 unspecified atom stereocenters. The molecule has 1 saturated heterocycles. The molecule has 0 N–H and O–H groups in total. The van der Waals surface area contributed by atoms with Gasteiger partial charge in [-0.1, -0.05) is 0 Å². The third-order valence-corrected chi connectivity index (χ3v) is 2.70. The lowest BCUT2D eigenvalue weighted by Crippen LogP contribution is -2.19. The maximum atomic E-state index is 10.5. The average Bonchev–Trinajstić information content (AvgIpc) is 2.71. The zero-order valence-electron chi connectivity index (χ0n) is 7.64. The van der Waals surface area contributed by atoms with Crippen molar-refractivity contribution in [3.05, 3.63) is 0 Å². The van der Waals surface area contributed by atoms with Gasteiger partial charge in [0.2, 0.25) is 0 Å². The van der Waals surface area contributed by atoms with Crippen LogP contribution in [0.25, 0.3) is 0 Å². The predicted molar refractivity (Wildman–Crippen MR) is 43.4 cm³/mol. The largest absolute Gasteiger partial charge is 0.318 e. The highest BCUT2D eigenvalue weighted by Crippen LogP contribution is 2.35. The van der Waals surface area contributed by atoms with Gasteiger partial charge >= 0.3 is 0 Å². The van der Waals surface area contributed by atoms with Crippen LogP contribution >= 0.6 is 0 Å². The summed E-state index contributed by atoms with van der Waals surface area (Å²) in [7, 11) is 0. The van der Waals surface area contributed by atoms with Gasteiger partial charge in [0.1, 0.15) is 6.29 Å². The molecular formula is C9H14O4. The zero-order valence-corrected chi connectivity index (χ0v) is 7.64. The smallest absolute Gasteiger partial charge is 0.197 e. The quantitative estimate of drug-likeness (QED) is 0.481. The van der Waals surface area contributed by atoms with Gasteiger partial charge in [-0.05, 0) is 26.2 Å². The zero-order chi connectivity index (χ0) is 9.26. The van der Waals surface area contributed by atoms with Crippen molar-refractivity contribution >= 4 is 6.29 Å². The normalized spacial score (nSPS) is 45.3. The fraction of sp³-hybridized carbons (Fsp3) is 0.889. The number of ether oxygens (including phenoxy) is 1. The Hall–Kier alpha value is -0.450. The molecule has 0 spiro atoms. The monoisotopic (exact) mass is 186 g/mol. The number of carbonyl (C=O) groups excluding carboxylic acids is 1. The Kier molecular flexibility index (Phi) is 2.62. The maximum absolute atomic E-state index is 10.5. The lowest BCUT2D eigenvalue weighted by atomic mass is 10.1. The van der Waals surface area contributed by atoms with Gasteiger partial charge in [-0.2, -0.15) is 0 Å². The van der Waals surface area contributed by atoms with Gasteiger partial charge in [0.15, 0.2) is 12.6 Å². The van der Waals surface area contributed by atoms with E-state index in [-0.39, 0.29) is 18.5 Å². The highest BCUT2D eigenvalue weighted by molar-refractivity contribution is 5.53. The minimum atomic E-state index is -0.278. The summed E-state index contributed by atoms with van der Waals surface area (Å²) in [5, 5.41) is 0. The van der Waals surface area contributed by atoms with E-state index in [1.165, 1.54) is 0 Å². The number of carbonyl (C=O) groups is 1. The minimum Gasteiger partial charge on any atom is -0.318 e. The fourth-order valence-corrected chi connectivity index (χ4v) is 1.98. The summed E-state index contributed by atoms with van der Waals surface area (Å²) in [6.07, 6.45) is 3.29. The number of aldehydes is 1. The van der Waals surface area contributed by atoms with E-state index in [0.717, 1.165) is 25.5 Å². The lowest BCUT2D eigenvalue weighted by Gasteiger charge is -2.13. The highest BCUT2D eigenvalue weighted by atomic mass is 17.3. The van der Waals surface area contributed by atoms with Gasteiger partial charge < -0.3 is 9.53 Å². The van der Waals surface area contributed by atoms with Gasteiger partial charge in [0.25, 0.3) is 0 Å². The average molecular weight is 186 g/mol. The van der Waals surface area contributed by atoms with Crippen molar-refractivity contribution in [3.8, 4) is 0 Å². The van der Waals surface area contributed by atoms with Gasteiger partial charge in [-0.25, -0.2) is 9.78 Å². The maximum Gasteiger partial charge on any atom is 0.197 e. The molecule has 2 aliphatic rings. The van der Waals surface area contributed by atoms with Crippen LogP contribution in [-0.4, -0.2) is 18.9 Å². The van der Waals surface area contributed by atoms with Crippen LogP contribution in [0.15, 0.2) is 0 Å². The fourth-order valence-electron chi connectivity index (χ4n) is 1.98. The van der Waals surface area contributed by atoms with Crippen LogP contribution in [0.2, 0.25) is 0 Å². The SMILES string of the molecule is CC1OOC(C2CCC(C=O)C2)O1. The molecule has 1 saturated carbocycles. The second-order valence-corrected chi connectivity index (χ2v) is 3.73. The van der Waals surface area contributed by atoms with E-state index >= 15 is 0 Å². The topological polar surface area (TPSA) is 44.8 Å². The summed E-state index contributed by atoms with van der Waals surface area (Å²) in [4.78, 5) is 20.4. The van der Waals surface area contributed by atoms with Crippen molar-refractivity contribution in [2.75, 3.05) is 0 Å². The van der Waals surface area contributed by atoms with E-state index in [1.54, 1.807) is 6.92 Å². The molecule has 0 bridgehead atoms. The van der Waals surface area contributed by atoms with E-state index < -0.39 is 0 Å². The molecule has 0 amide bonds. The van der Waals surface area contributed by atoms with Gasteiger partial charge in [0, 0.05) is 11.8 Å². The first kappa shape index (κ1) is 9.12. The van der Waals surface area contributed by atoms with Crippen molar-refractivity contribution in [3.63, 3.8) is 0 Å². The molecule has 0 aromatic heterocycles. The third-order valence-electron chi connectivity index (χ3n) is 2.70. The van der Waals surface area contributed by atoms with E-state index in [9.17, 15) is 4.79 Å². The molecular weight excluding hydrogens is 172 g/mol. The van der Waals surface area contributed by atoms with Crippen molar-refractivity contribution in [2.24, 2.45) is 11.8 Å². The molecule has 4 atom stereocenters. The van der Waals surface area contributed by atoms with Crippen molar-refractivity contribution in [1.82, 2.24) is 0 Å². The Morgan fingerprint density at radius 3 is 2.69 bits per heavy atom. The Morgan fingerprint density at radius 2 is 2.15 bits per heavy atom. The van der Waals surface area contributed by atoms with E-state index in [2.05, 4.69) is 0 Å². The summed E-state index contributed by atoms with van der Waals surface area (Å²) >= 11 is 0. The van der Waals surface area contributed by atoms with Crippen LogP contribution in [0, 0.1) is 11.8 Å².